The molecule has 1 aromatic heterocycles. The largest absolute Gasteiger partial charge is 0.417 e. The number of carbonyl (C=O) groups excluding carboxylic acids is 1. The summed E-state index contributed by atoms with van der Waals surface area (Å²) in [4.78, 5) is 17.1. The Kier molecular flexibility index (Phi) is 5.88. The van der Waals surface area contributed by atoms with Crippen molar-refractivity contribution in [3.05, 3.63) is 77.2 Å². The lowest BCUT2D eigenvalue weighted by molar-refractivity contribution is -0.139. The van der Waals surface area contributed by atoms with Gasteiger partial charge in [-0.2, -0.15) is 8.78 Å². The molecule has 1 saturated heterocycles. The molecule has 2 heterocycles. The molecule has 5 nitrogen and oxygen atoms in total. The van der Waals surface area contributed by atoms with Crippen LogP contribution in [-0.2, 0) is 14.9 Å². The van der Waals surface area contributed by atoms with E-state index in [2.05, 4.69) is 15.0 Å². The van der Waals surface area contributed by atoms with E-state index in [4.69, 9.17) is 4.74 Å². The molecule has 8 heteroatoms. The van der Waals surface area contributed by atoms with E-state index in [1.165, 1.54) is 30.3 Å². The Morgan fingerprint density at radius 1 is 1.09 bits per heavy atom. The van der Waals surface area contributed by atoms with Crippen LogP contribution in [0.3, 0.4) is 0 Å². The molecule has 2 aromatic carbocycles. The molecular weight excluding hydrogens is 421 g/mol. The van der Waals surface area contributed by atoms with Gasteiger partial charge in [0.05, 0.1) is 13.2 Å². The predicted molar refractivity (Wildman–Crippen MR) is 113 cm³/mol. The maximum absolute atomic E-state index is 13.1. The van der Waals surface area contributed by atoms with Gasteiger partial charge in [-0.3, -0.25) is 4.79 Å². The molecule has 0 atom stereocenters. The molecule has 3 aromatic rings. The quantitative estimate of drug-likeness (QED) is 0.583. The van der Waals surface area contributed by atoms with Gasteiger partial charge in [-0.15, -0.1) is 0 Å². The van der Waals surface area contributed by atoms with E-state index in [0.29, 0.717) is 11.4 Å². The lowest BCUT2D eigenvalue weighted by Crippen LogP contribution is -2.55. The van der Waals surface area contributed by atoms with Gasteiger partial charge in [0.25, 0.3) is 0 Å². The first-order valence-electron chi connectivity index (χ1n) is 9.97. The Morgan fingerprint density at radius 2 is 1.75 bits per heavy atom. The van der Waals surface area contributed by atoms with Gasteiger partial charge in [0.2, 0.25) is 11.8 Å². The van der Waals surface area contributed by atoms with Crippen LogP contribution >= 0.6 is 0 Å². The minimum atomic E-state index is -2.94. The summed E-state index contributed by atoms with van der Waals surface area (Å²) in [6.07, 6.45) is 0. The molecule has 1 amide bonds. The summed E-state index contributed by atoms with van der Waals surface area (Å²) in [5.41, 5.74) is 3.41. The van der Waals surface area contributed by atoms with Crippen molar-refractivity contribution in [3.8, 4) is 17.0 Å². The molecule has 0 bridgehead atoms. The number of halogens is 3. The molecule has 4 rings (SSSR count). The molecule has 0 unspecified atom stereocenters. The minimum absolute atomic E-state index is 0.126. The average molecular weight is 442 g/mol. The summed E-state index contributed by atoms with van der Waals surface area (Å²) in [6, 6.07) is 14.5. The molecule has 166 valence electrons. The summed E-state index contributed by atoms with van der Waals surface area (Å²) in [5.74, 6) is -0.738. The van der Waals surface area contributed by atoms with E-state index in [-0.39, 0.29) is 30.8 Å². The SMILES string of the molecule is Cc1cc(OC(F)F)nc(C)c1-c1ccc(C2(C(=O)Nc3ccc(F)cc3)COC2)cc1. The second-order valence-electron chi connectivity index (χ2n) is 7.73. The topological polar surface area (TPSA) is 60.5 Å². The molecule has 32 heavy (non-hydrogen) atoms. The highest BCUT2D eigenvalue weighted by molar-refractivity contribution is 6.00. The summed E-state index contributed by atoms with van der Waals surface area (Å²) in [5, 5.41) is 2.83. The van der Waals surface area contributed by atoms with Crippen LogP contribution in [0.15, 0.2) is 54.6 Å². The summed E-state index contributed by atoms with van der Waals surface area (Å²) in [7, 11) is 0. The molecule has 1 aliphatic rings. The number of amides is 1. The number of nitrogens with zero attached hydrogens (tertiary/aromatic N) is 1. The number of nitrogens with one attached hydrogen (secondary N) is 1. The number of benzene rings is 2. The van der Waals surface area contributed by atoms with E-state index in [0.717, 1.165) is 22.3 Å². The fourth-order valence-electron chi connectivity index (χ4n) is 3.86. The van der Waals surface area contributed by atoms with Crippen LogP contribution in [0.25, 0.3) is 11.1 Å². The smallest absolute Gasteiger partial charge is 0.388 e. The van der Waals surface area contributed by atoms with Gasteiger partial charge in [-0.25, -0.2) is 9.37 Å². The highest BCUT2D eigenvalue weighted by atomic mass is 19.3. The summed E-state index contributed by atoms with van der Waals surface area (Å²) in [6.45, 7) is 1.06. The highest BCUT2D eigenvalue weighted by Gasteiger charge is 2.47. The predicted octanol–water partition coefficient (Wildman–Crippen LogP) is 5.01. The van der Waals surface area contributed by atoms with E-state index in [9.17, 15) is 18.0 Å². The molecular formula is C24H21F3N2O3. The van der Waals surface area contributed by atoms with Gasteiger partial charge in [-0.1, -0.05) is 24.3 Å². The number of carbonyl (C=O) groups is 1. The van der Waals surface area contributed by atoms with Gasteiger partial charge in [0.15, 0.2) is 0 Å². The molecule has 0 saturated carbocycles. The van der Waals surface area contributed by atoms with E-state index < -0.39 is 12.0 Å². The Morgan fingerprint density at radius 3 is 2.28 bits per heavy atom. The van der Waals surface area contributed by atoms with Crippen molar-refractivity contribution in [2.75, 3.05) is 18.5 Å². The monoisotopic (exact) mass is 442 g/mol. The van der Waals surface area contributed by atoms with Crippen molar-refractivity contribution in [3.63, 3.8) is 0 Å². The number of ether oxygens (including phenoxy) is 2. The van der Waals surface area contributed by atoms with Crippen molar-refractivity contribution in [1.29, 1.82) is 0 Å². The third-order valence-corrected chi connectivity index (χ3v) is 5.54. The fraction of sp³-hybridized carbons (Fsp3) is 0.250. The molecule has 1 fully saturated rings. The van der Waals surface area contributed by atoms with E-state index in [1.807, 2.05) is 24.3 Å². The lowest BCUT2D eigenvalue weighted by atomic mass is 9.77. The summed E-state index contributed by atoms with van der Waals surface area (Å²) < 4.78 is 47.9. The normalized spacial score (nSPS) is 14.7. The first-order valence-corrected chi connectivity index (χ1v) is 9.97. The zero-order chi connectivity index (χ0) is 22.9. The zero-order valence-corrected chi connectivity index (χ0v) is 17.5. The van der Waals surface area contributed by atoms with Crippen molar-refractivity contribution in [2.24, 2.45) is 0 Å². The average Bonchev–Trinajstić information content (AvgIpc) is 2.69. The third kappa shape index (κ3) is 4.18. The number of alkyl halides is 2. The number of hydrogen-bond donors (Lipinski definition) is 1. The first kappa shape index (κ1) is 21.8. The number of aryl methyl sites for hydroxylation is 2. The standard InChI is InChI=1S/C24H21F3N2O3/c1-14-11-20(32-23(26)27)28-15(2)21(14)16-3-5-17(6-4-16)24(12-31-13-24)22(30)29-19-9-7-18(25)8-10-19/h3-11,23H,12-13H2,1-2H3,(H,29,30). The van der Waals surface area contributed by atoms with Crippen molar-refractivity contribution in [1.82, 2.24) is 4.98 Å². The van der Waals surface area contributed by atoms with Crippen LogP contribution in [0.4, 0.5) is 18.9 Å². The number of anilines is 1. The molecule has 0 aliphatic carbocycles. The van der Waals surface area contributed by atoms with Gasteiger partial charge < -0.3 is 14.8 Å². The minimum Gasteiger partial charge on any atom is -0.417 e. The van der Waals surface area contributed by atoms with Crippen LogP contribution in [0.5, 0.6) is 5.88 Å². The maximum atomic E-state index is 13.1. The maximum Gasteiger partial charge on any atom is 0.388 e. The Hall–Kier alpha value is -3.39. The molecule has 1 N–H and O–H groups in total. The van der Waals surface area contributed by atoms with Crippen LogP contribution in [0, 0.1) is 19.7 Å². The second kappa shape index (κ2) is 8.63. The molecule has 0 radical (unpaired) electrons. The zero-order valence-electron chi connectivity index (χ0n) is 17.5. The van der Waals surface area contributed by atoms with Crippen LogP contribution < -0.4 is 10.1 Å². The Labute approximate surface area is 183 Å². The van der Waals surface area contributed by atoms with Crippen molar-refractivity contribution in [2.45, 2.75) is 25.9 Å². The van der Waals surface area contributed by atoms with E-state index in [1.54, 1.807) is 13.8 Å². The Bertz CT molecular complexity index is 1110. The Balaban J connectivity index is 1.59. The lowest BCUT2D eigenvalue weighted by Gasteiger charge is -2.40. The third-order valence-electron chi connectivity index (χ3n) is 5.54. The molecule has 1 aliphatic heterocycles. The highest BCUT2D eigenvalue weighted by Crippen LogP contribution is 2.36. The van der Waals surface area contributed by atoms with Crippen molar-refractivity contribution < 1.29 is 27.4 Å². The molecule has 0 spiro atoms. The van der Waals surface area contributed by atoms with Crippen LogP contribution in [0.2, 0.25) is 0 Å². The second-order valence-corrected chi connectivity index (χ2v) is 7.73. The number of aromatic nitrogens is 1. The summed E-state index contributed by atoms with van der Waals surface area (Å²) >= 11 is 0. The number of rotatable bonds is 6. The van der Waals surface area contributed by atoms with Crippen molar-refractivity contribution >= 4 is 11.6 Å². The van der Waals surface area contributed by atoms with E-state index >= 15 is 0 Å². The fourth-order valence-corrected chi connectivity index (χ4v) is 3.86. The number of pyridine rings is 1. The van der Waals surface area contributed by atoms with Crippen LogP contribution in [-0.4, -0.2) is 30.7 Å². The van der Waals surface area contributed by atoms with Gasteiger partial charge in [0, 0.05) is 23.0 Å². The van der Waals surface area contributed by atoms with Gasteiger partial charge in [-0.05, 0) is 54.8 Å². The van der Waals surface area contributed by atoms with Gasteiger partial charge in [0.1, 0.15) is 11.2 Å². The first-order chi connectivity index (χ1) is 15.3. The number of hydrogen-bond acceptors (Lipinski definition) is 4. The van der Waals surface area contributed by atoms with Gasteiger partial charge >= 0.3 is 6.61 Å². The van der Waals surface area contributed by atoms with Crippen LogP contribution in [0.1, 0.15) is 16.8 Å².